The van der Waals surface area contributed by atoms with E-state index in [0.29, 0.717) is 12.1 Å². The van der Waals surface area contributed by atoms with Gasteiger partial charge in [-0.05, 0) is 54.2 Å². The van der Waals surface area contributed by atoms with Crippen molar-refractivity contribution in [3.8, 4) is 11.8 Å². The van der Waals surface area contributed by atoms with Gasteiger partial charge in [-0.25, -0.2) is 0 Å². The molecule has 26 heavy (non-hydrogen) atoms. The molecule has 0 radical (unpaired) electrons. The summed E-state index contributed by atoms with van der Waals surface area (Å²) in [6.45, 7) is 1.00. The highest BCUT2D eigenvalue weighted by atomic mass is 16.5. The van der Waals surface area contributed by atoms with Gasteiger partial charge < -0.3 is 4.74 Å². The van der Waals surface area contributed by atoms with Crippen LogP contribution < -0.4 is 4.74 Å². The van der Waals surface area contributed by atoms with E-state index in [0.717, 1.165) is 29.8 Å². The lowest BCUT2D eigenvalue weighted by Crippen LogP contribution is -2.47. The fourth-order valence-corrected chi connectivity index (χ4v) is 4.37. The van der Waals surface area contributed by atoms with Gasteiger partial charge in [0, 0.05) is 18.6 Å². The molecule has 0 saturated carbocycles. The Kier molecular flexibility index (Phi) is 4.77. The Bertz CT molecular complexity index is 850. The summed E-state index contributed by atoms with van der Waals surface area (Å²) in [4.78, 5) is 2.65. The molecule has 2 aliphatic rings. The van der Waals surface area contributed by atoms with Gasteiger partial charge in [-0.2, -0.15) is 5.26 Å². The van der Waals surface area contributed by atoms with Crippen LogP contribution in [-0.4, -0.2) is 24.1 Å². The Hall–Kier alpha value is -2.57. The molecule has 0 N–H and O–H groups in total. The summed E-state index contributed by atoms with van der Waals surface area (Å²) < 4.78 is 5.39. The van der Waals surface area contributed by atoms with Crippen molar-refractivity contribution >= 4 is 5.57 Å². The third-order valence-electron chi connectivity index (χ3n) is 5.68. The van der Waals surface area contributed by atoms with Crippen LogP contribution in [0, 0.1) is 11.3 Å². The maximum absolute atomic E-state index is 9.53. The molecule has 3 heteroatoms. The van der Waals surface area contributed by atoms with Gasteiger partial charge in [0.05, 0.1) is 18.7 Å². The largest absolute Gasteiger partial charge is 0.497 e. The van der Waals surface area contributed by atoms with Crippen LogP contribution in [0.5, 0.6) is 5.75 Å². The second-order valence-electron chi connectivity index (χ2n) is 7.23. The number of ether oxygens (including phenoxy) is 1. The molecule has 0 spiro atoms. The van der Waals surface area contributed by atoms with Crippen LogP contribution in [0.4, 0.5) is 0 Å². The number of benzene rings is 2. The van der Waals surface area contributed by atoms with E-state index in [1.165, 1.54) is 30.4 Å². The van der Waals surface area contributed by atoms with Crippen molar-refractivity contribution in [2.45, 2.75) is 44.3 Å². The van der Waals surface area contributed by atoms with Crippen LogP contribution >= 0.6 is 0 Å². The lowest BCUT2D eigenvalue weighted by atomic mass is 9.81. The number of hydrogen-bond acceptors (Lipinski definition) is 3. The molecule has 4 rings (SSSR count). The third-order valence-corrected chi connectivity index (χ3v) is 5.68. The predicted molar refractivity (Wildman–Crippen MR) is 104 cm³/mol. The fourth-order valence-electron chi connectivity index (χ4n) is 4.37. The highest BCUT2D eigenvalue weighted by Gasteiger charge is 2.34. The van der Waals surface area contributed by atoms with Gasteiger partial charge in [0.25, 0.3) is 0 Å². The van der Waals surface area contributed by atoms with Gasteiger partial charge in [-0.1, -0.05) is 42.8 Å². The van der Waals surface area contributed by atoms with E-state index in [4.69, 9.17) is 4.74 Å². The van der Waals surface area contributed by atoms with Crippen LogP contribution in [-0.2, 0) is 6.54 Å². The van der Waals surface area contributed by atoms with Gasteiger partial charge in [0.2, 0.25) is 0 Å². The van der Waals surface area contributed by atoms with Crippen molar-refractivity contribution in [2.24, 2.45) is 0 Å². The van der Waals surface area contributed by atoms with Crippen LogP contribution in [0.3, 0.4) is 0 Å². The average molecular weight is 344 g/mol. The number of rotatable bonds is 4. The van der Waals surface area contributed by atoms with E-state index in [1.54, 1.807) is 7.11 Å². The first kappa shape index (κ1) is 16.9. The molecule has 1 saturated heterocycles. The molecule has 2 unspecified atom stereocenters. The molecule has 0 amide bonds. The van der Waals surface area contributed by atoms with Crippen LogP contribution in [0.2, 0.25) is 0 Å². The molecular formula is C23H24N2O. The van der Waals surface area contributed by atoms with Gasteiger partial charge >= 0.3 is 0 Å². The Morgan fingerprint density at radius 3 is 2.73 bits per heavy atom. The van der Waals surface area contributed by atoms with Gasteiger partial charge in [0.1, 0.15) is 5.75 Å². The minimum absolute atomic E-state index is 0.454. The molecule has 2 aliphatic heterocycles. The summed E-state index contributed by atoms with van der Waals surface area (Å²) in [5.41, 5.74) is 4.47. The zero-order valence-electron chi connectivity index (χ0n) is 15.2. The minimum Gasteiger partial charge on any atom is -0.497 e. The van der Waals surface area contributed by atoms with E-state index in [1.807, 2.05) is 18.2 Å². The third kappa shape index (κ3) is 3.25. The molecule has 1 fully saturated rings. The Balaban J connectivity index is 1.66. The number of nitriles is 1. The molecule has 2 aromatic rings. The topological polar surface area (TPSA) is 36.3 Å². The number of piperidine rings is 1. The van der Waals surface area contributed by atoms with Crippen molar-refractivity contribution in [2.75, 3.05) is 7.11 Å². The molecule has 2 bridgehead atoms. The SMILES string of the molecule is COc1ccc(C#N)c(C2=CC3CCCC(C2)N3Cc2ccccc2)c1. The molecule has 2 heterocycles. The first-order valence-corrected chi connectivity index (χ1v) is 9.37. The maximum Gasteiger partial charge on any atom is 0.119 e. The molecular weight excluding hydrogens is 320 g/mol. The molecule has 2 atom stereocenters. The maximum atomic E-state index is 9.53. The van der Waals surface area contributed by atoms with E-state index in [-0.39, 0.29) is 0 Å². The molecule has 2 aromatic carbocycles. The normalized spacial score (nSPS) is 22.4. The summed E-state index contributed by atoms with van der Waals surface area (Å²) in [5.74, 6) is 0.816. The van der Waals surface area contributed by atoms with Crippen molar-refractivity contribution in [3.63, 3.8) is 0 Å². The van der Waals surface area contributed by atoms with Crippen molar-refractivity contribution in [3.05, 3.63) is 71.3 Å². The second-order valence-corrected chi connectivity index (χ2v) is 7.23. The highest BCUT2D eigenvalue weighted by molar-refractivity contribution is 5.73. The summed E-state index contributed by atoms with van der Waals surface area (Å²) >= 11 is 0. The molecule has 132 valence electrons. The second kappa shape index (κ2) is 7.35. The zero-order chi connectivity index (χ0) is 17.9. The highest BCUT2D eigenvalue weighted by Crippen LogP contribution is 2.39. The van der Waals surface area contributed by atoms with E-state index in [2.05, 4.69) is 47.4 Å². The Labute approximate surface area is 155 Å². The van der Waals surface area contributed by atoms with E-state index >= 15 is 0 Å². The van der Waals surface area contributed by atoms with Gasteiger partial charge in [-0.15, -0.1) is 0 Å². The number of fused-ring (bicyclic) bond motifs is 2. The Morgan fingerprint density at radius 1 is 1.15 bits per heavy atom. The fraction of sp³-hybridized carbons (Fsp3) is 0.348. The van der Waals surface area contributed by atoms with E-state index in [9.17, 15) is 5.26 Å². The first-order valence-electron chi connectivity index (χ1n) is 9.37. The van der Waals surface area contributed by atoms with Crippen LogP contribution in [0.1, 0.15) is 42.4 Å². The van der Waals surface area contributed by atoms with Crippen molar-refractivity contribution in [1.29, 1.82) is 5.26 Å². The lowest BCUT2D eigenvalue weighted by molar-refractivity contribution is 0.0951. The summed E-state index contributed by atoms with van der Waals surface area (Å²) in [7, 11) is 1.68. The zero-order valence-corrected chi connectivity index (χ0v) is 15.2. The molecule has 3 nitrogen and oxygen atoms in total. The molecule has 0 aliphatic carbocycles. The number of nitrogens with zero attached hydrogens (tertiary/aromatic N) is 2. The standard InChI is InChI=1S/C23H24N2O/c1-26-22-11-10-18(15-24)23(14-22)19-12-20-8-5-9-21(13-19)25(20)16-17-6-3-2-4-7-17/h2-4,6-7,10-12,14,20-21H,5,8-9,13,16H2,1H3. The number of methoxy groups -OCH3 is 1. The summed E-state index contributed by atoms with van der Waals surface area (Å²) in [6.07, 6.45) is 7.11. The smallest absolute Gasteiger partial charge is 0.119 e. The van der Waals surface area contributed by atoms with Crippen molar-refractivity contribution < 1.29 is 4.74 Å². The summed E-state index contributed by atoms with van der Waals surface area (Å²) in [5, 5.41) is 9.53. The van der Waals surface area contributed by atoms with Gasteiger partial charge in [0.15, 0.2) is 0 Å². The monoisotopic (exact) mass is 344 g/mol. The molecule has 0 aromatic heterocycles. The van der Waals surface area contributed by atoms with Crippen molar-refractivity contribution in [1.82, 2.24) is 4.90 Å². The predicted octanol–water partition coefficient (Wildman–Crippen LogP) is 4.78. The van der Waals surface area contributed by atoms with Crippen LogP contribution in [0.15, 0.2) is 54.6 Å². The Morgan fingerprint density at radius 2 is 2.00 bits per heavy atom. The number of hydrogen-bond donors (Lipinski definition) is 0. The van der Waals surface area contributed by atoms with Crippen LogP contribution in [0.25, 0.3) is 5.57 Å². The first-order chi connectivity index (χ1) is 12.8. The average Bonchev–Trinajstić information content (AvgIpc) is 2.68. The van der Waals surface area contributed by atoms with E-state index < -0.39 is 0 Å². The van der Waals surface area contributed by atoms with Gasteiger partial charge in [-0.3, -0.25) is 4.90 Å². The lowest BCUT2D eigenvalue weighted by Gasteiger charge is -2.45. The quantitative estimate of drug-likeness (QED) is 0.801. The summed E-state index contributed by atoms with van der Waals surface area (Å²) in [6, 6.07) is 19.9. The minimum atomic E-state index is 0.454.